The first-order valence-corrected chi connectivity index (χ1v) is 4.10. The molecule has 0 aliphatic rings. The number of nitrogens with zero attached hydrogens (tertiary/aromatic N) is 1. The minimum atomic E-state index is -0.566. The molecule has 0 fully saturated rings. The molecule has 0 spiro atoms. The second kappa shape index (κ2) is 5.06. The van der Waals surface area contributed by atoms with Crippen molar-refractivity contribution in [2.24, 2.45) is 0 Å². The Morgan fingerprint density at radius 3 is 2.60 bits per heavy atom. The summed E-state index contributed by atoms with van der Waals surface area (Å²) >= 11 is 0. The van der Waals surface area contributed by atoms with E-state index in [-0.39, 0.29) is 25.4 Å². The third-order valence-electron chi connectivity index (χ3n) is 1.75. The van der Waals surface area contributed by atoms with E-state index in [4.69, 9.17) is 5.11 Å². The van der Waals surface area contributed by atoms with E-state index in [9.17, 15) is 14.9 Å². The Morgan fingerprint density at radius 2 is 2.07 bits per heavy atom. The van der Waals surface area contributed by atoms with E-state index in [0.717, 1.165) is 0 Å². The van der Waals surface area contributed by atoms with Gasteiger partial charge in [0.2, 0.25) is 0 Å². The van der Waals surface area contributed by atoms with E-state index < -0.39 is 4.92 Å². The van der Waals surface area contributed by atoms with Crippen LogP contribution in [0.4, 0.5) is 5.69 Å². The Morgan fingerprint density at radius 1 is 1.40 bits per heavy atom. The highest BCUT2D eigenvalue weighted by Gasteiger charge is 2.09. The lowest BCUT2D eigenvalue weighted by atomic mass is 10.1. The number of benzene rings is 1. The lowest BCUT2D eigenvalue weighted by Gasteiger charge is -2.02. The van der Waals surface area contributed by atoms with Crippen molar-refractivity contribution in [1.82, 2.24) is 0 Å². The van der Waals surface area contributed by atoms with Gasteiger partial charge in [-0.15, -0.1) is 0 Å². The molecule has 80 valence electrons. The van der Waals surface area contributed by atoms with E-state index >= 15 is 0 Å². The summed E-state index contributed by atoms with van der Waals surface area (Å²) in [5, 5.41) is 19.4. The maximum atomic E-state index is 10.5. The van der Waals surface area contributed by atoms with Gasteiger partial charge in [0.15, 0.2) is 0 Å². The summed E-state index contributed by atoms with van der Waals surface area (Å²) in [7, 11) is 0. The van der Waals surface area contributed by atoms with Gasteiger partial charge < -0.3 is 9.84 Å². The van der Waals surface area contributed by atoms with Gasteiger partial charge in [0.1, 0.15) is 6.61 Å². The van der Waals surface area contributed by atoms with Crippen LogP contribution in [-0.4, -0.2) is 16.5 Å². The molecule has 1 N–H and O–H groups in total. The van der Waals surface area contributed by atoms with Crippen molar-refractivity contribution in [1.29, 1.82) is 0 Å². The first-order valence-electron chi connectivity index (χ1n) is 4.10. The van der Waals surface area contributed by atoms with E-state index in [1.54, 1.807) is 0 Å². The van der Waals surface area contributed by atoms with E-state index in [1.807, 2.05) is 0 Å². The van der Waals surface area contributed by atoms with Crippen LogP contribution >= 0.6 is 0 Å². The predicted octanol–water partition coefficient (Wildman–Crippen LogP) is 0.760. The van der Waals surface area contributed by atoms with Crippen molar-refractivity contribution in [3.8, 4) is 0 Å². The molecule has 0 radical (unpaired) electrons. The Labute approximate surface area is 85.2 Å². The number of aliphatic hydroxyl groups excluding tert-OH is 1. The molecule has 6 nitrogen and oxygen atoms in total. The fourth-order valence-corrected chi connectivity index (χ4v) is 1.15. The molecular formula is C9H9NO5. The van der Waals surface area contributed by atoms with Crippen molar-refractivity contribution in [2.75, 3.05) is 0 Å². The maximum Gasteiger partial charge on any atom is 0.293 e. The molecule has 0 atom stereocenters. The van der Waals surface area contributed by atoms with E-state index in [2.05, 4.69) is 4.74 Å². The summed E-state index contributed by atoms with van der Waals surface area (Å²) in [6.07, 6.45) is 0. The number of hydrogen-bond acceptors (Lipinski definition) is 5. The van der Waals surface area contributed by atoms with Gasteiger partial charge in [0.05, 0.1) is 11.5 Å². The third-order valence-corrected chi connectivity index (χ3v) is 1.75. The van der Waals surface area contributed by atoms with Gasteiger partial charge in [0, 0.05) is 12.1 Å². The van der Waals surface area contributed by atoms with Crippen molar-refractivity contribution in [2.45, 2.75) is 13.2 Å². The normalized spacial score (nSPS) is 9.67. The van der Waals surface area contributed by atoms with Crippen LogP contribution in [0.15, 0.2) is 18.2 Å². The van der Waals surface area contributed by atoms with Gasteiger partial charge in [-0.05, 0) is 17.2 Å². The number of hydrogen-bond donors (Lipinski definition) is 1. The summed E-state index contributed by atoms with van der Waals surface area (Å²) in [6, 6.07) is 4.10. The minimum Gasteiger partial charge on any atom is -0.463 e. The number of nitro benzene ring substituents is 1. The number of rotatable bonds is 5. The largest absolute Gasteiger partial charge is 0.463 e. The van der Waals surface area contributed by atoms with Gasteiger partial charge in [-0.2, -0.15) is 0 Å². The molecule has 1 rings (SSSR count). The average Bonchev–Trinajstić information content (AvgIpc) is 2.25. The topological polar surface area (TPSA) is 89.7 Å². The average molecular weight is 211 g/mol. The lowest BCUT2D eigenvalue weighted by molar-refractivity contribution is -0.385. The molecule has 15 heavy (non-hydrogen) atoms. The van der Waals surface area contributed by atoms with E-state index in [0.29, 0.717) is 11.1 Å². The SMILES string of the molecule is O=COCc1cc(CO)cc([N+](=O)[O-])c1. The molecular weight excluding hydrogens is 202 g/mol. The lowest BCUT2D eigenvalue weighted by Crippen LogP contribution is -1.96. The van der Waals surface area contributed by atoms with Gasteiger partial charge in [-0.3, -0.25) is 14.9 Å². The van der Waals surface area contributed by atoms with Crippen LogP contribution in [0.3, 0.4) is 0 Å². The van der Waals surface area contributed by atoms with Crippen molar-refractivity contribution >= 4 is 12.2 Å². The number of nitro groups is 1. The second-order valence-electron chi connectivity index (χ2n) is 2.83. The Balaban J connectivity index is 2.99. The van der Waals surface area contributed by atoms with Crippen LogP contribution in [0.5, 0.6) is 0 Å². The predicted molar refractivity (Wildman–Crippen MR) is 49.9 cm³/mol. The number of non-ortho nitro benzene ring substituents is 1. The fraction of sp³-hybridized carbons (Fsp3) is 0.222. The van der Waals surface area contributed by atoms with Crippen LogP contribution < -0.4 is 0 Å². The zero-order valence-corrected chi connectivity index (χ0v) is 7.75. The maximum absolute atomic E-state index is 10.5. The summed E-state index contributed by atoms with van der Waals surface area (Å²) in [4.78, 5) is 19.9. The molecule has 0 bridgehead atoms. The van der Waals surface area contributed by atoms with Crippen LogP contribution in [0, 0.1) is 10.1 Å². The molecule has 0 saturated carbocycles. The standard InChI is InChI=1S/C9H9NO5/c11-4-7-1-8(5-15-6-12)3-9(2-7)10(13)14/h1-3,6,11H,4-5H2. The zero-order valence-electron chi connectivity index (χ0n) is 7.75. The molecule has 0 aliphatic heterocycles. The molecule has 0 heterocycles. The number of carbonyl (C=O) groups excluding carboxylic acids is 1. The first-order chi connectivity index (χ1) is 7.17. The number of ether oxygens (including phenoxy) is 1. The Kier molecular flexibility index (Phi) is 3.75. The van der Waals surface area contributed by atoms with Crippen molar-refractivity contribution in [3.63, 3.8) is 0 Å². The van der Waals surface area contributed by atoms with Gasteiger partial charge >= 0.3 is 0 Å². The summed E-state index contributed by atoms with van der Waals surface area (Å²) in [5.74, 6) is 0. The Bertz CT molecular complexity index is 377. The van der Waals surface area contributed by atoms with Crippen molar-refractivity contribution < 1.29 is 19.6 Å². The summed E-state index contributed by atoms with van der Waals surface area (Å²) in [5.41, 5.74) is 0.750. The number of carbonyl (C=O) groups is 1. The fourth-order valence-electron chi connectivity index (χ4n) is 1.15. The summed E-state index contributed by atoms with van der Waals surface area (Å²) in [6.45, 7) is -0.0780. The third kappa shape index (κ3) is 3.03. The molecule has 0 saturated heterocycles. The molecule has 1 aromatic rings. The van der Waals surface area contributed by atoms with Crippen LogP contribution in [0.25, 0.3) is 0 Å². The highest BCUT2D eigenvalue weighted by Crippen LogP contribution is 2.17. The van der Waals surface area contributed by atoms with E-state index in [1.165, 1.54) is 18.2 Å². The second-order valence-corrected chi connectivity index (χ2v) is 2.83. The van der Waals surface area contributed by atoms with Crippen LogP contribution in [0.2, 0.25) is 0 Å². The molecule has 0 amide bonds. The Hall–Kier alpha value is -1.95. The quantitative estimate of drug-likeness (QED) is 0.441. The molecule has 0 aliphatic carbocycles. The van der Waals surface area contributed by atoms with Gasteiger partial charge in [-0.25, -0.2) is 0 Å². The number of aliphatic hydroxyl groups is 1. The van der Waals surface area contributed by atoms with Crippen LogP contribution in [0.1, 0.15) is 11.1 Å². The smallest absolute Gasteiger partial charge is 0.293 e. The summed E-state index contributed by atoms with van der Waals surface area (Å²) < 4.78 is 4.47. The van der Waals surface area contributed by atoms with Crippen LogP contribution in [-0.2, 0) is 22.7 Å². The monoisotopic (exact) mass is 211 g/mol. The minimum absolute atomic E-state index is 0.0435. The van der Waals surface area contributed by atoms with Gasteiger partial charge in [-0.1, -0.05) is 0 Å². The van der Waals surface area contributed by atoms with Gasteiger partial charge in [0.25, 0.3) is 12.2 Å². The molecule has 6 heteroatoms. The first kappa shape index (κ1) is 11.1. The highest BCUT2D eigenvalue weighted by atomic mass is 16.6. The molecule has 0 aromatic heterocycles. The molecule has 1 aromatic carbocycles. The highest BCUT2D eigenvalue weighted by molar-refractivity contribution is 5.41. The van der Waals surface area contributed by atoms with Crippen molar-refractivity contribution in [3.05, 3.63) is 39.4 Å². The zero-order chi connectivity index (χ0) is 11.3. The molecule has 0 unspecified atom stereocenters.